The van der Waals surface area contributed by atoms with Gasteiger partial charge in [-0.25, -0.2) is 0 Å². The highest BCUT2D eigenvalue weighted by Gasteiger charge is 2.11. The van der Waals surface area contributed by atoms with Gasteiger partial charge in [0.15, 0.2) is 18.1 Å². The maximum absolute atomic E-state index is 10.7. The third-order valence-corrected chi connectivity index (χ3v) is 2.58. The van der Waals surface area contributed by atoms with Gasteiger partial charge in [0.2, 0.25) is 0 Å². The van der Waals surface area contributed by atoms with Crippen LogP contribution in [-0.2, 0) is 16.1 Å². The average Bonchev–Trinajstić information content (AvgIpc) is 2.42. The summed E-state index contributed by atoms with van der Waals surface area (Å²) in [4.78, 5) is 21.4. The molecule has 7 heteroatoms. The van der Waals surface area contributed by atoms with Gasteiger partial charge in [0.05, 0.1) is 7.11 Å². The van der Waals surface area contributed by atoms with Crippen LogP contribution in [0.4, 0.5) is 0 Å². The van der Waals surface area contributed by atoms with Gasteiger partial charge < -0.3 is 25.6 Å². The largest absolute Gasteiger partial charge is 0.493 e. The van der Waals surface area contributed by atoms with E-state index in [-0.39, 0.29) is 6.61 Å². The molecule has 110 valence electrons. The molecule has 0 aliphatic carbocycles. The minimum absolute atomic E-state index is 0.232. The van der Waals surface area contributed by atoms with Crippen molar-refractivity contribution in [1.82, 2.24) is 5.32 Å². The topological polar surface area (TPSA) is 111 Å². The van der Waals surface area contributed by atoms with E-state index < -0.39 is 17.9 Å². The minimum Gasteiger partial charge on any atom is -0.493 e. The number of nitrogens with two attached hydrogens (primary N) is 1. The first-order valence-electron chi connectivity index (χ1n) is 5.98. The second-order valence-corrected chi connectivity index (χ2v) is 4.18. The number of rotatable bonds is 8. The third-order valence-electron chi connectivity index (χ3n) is 2.58. The molecule has 0 saturated heterocycles. The van der Waals surface area contributed by atoms with Crippen molar-refractivity contribution in [2.75, 3.05) is 13.7 Å². The Morgan fingerprint density at radius 3 is 2.65 bits per heavy atom. The van der Waals surface area contributed by atoms with E-state index in [1.54, 1.807) is 25.1 Å². The number of amides is 1. The summed E-state index contributed by atoms with van der Waals surface area (Å²) in [5.41, 5.74) is 5.84. The van der Waals surface area contributed by atoms with Crippen LogP contribution in [0.25, 0.3) is 0 Å². The lowest BCUT2D eigenvalue weighted by atomic mass is 10.2. The molecule has 4 N–H and O–H groups in total. The van der Waals surface area contributed by atoms with E-state index in [0.29, 0.717) is 18.0 Å². The van der Waals surface area contributed by atoms with Crippen molar-refractivity contribution in [1.29, 1.82) is 0 Å². The summed E-state index contributed by atoms with van der Waals surface area (Å²) in [6.45, 7) is 1.70. The van der Waals surface area contributed by atoms with Crippen molar-refractivity contribution in [3.8, 4) is 11.5 Å². The fourth-order valence-electron chi connectivity index (χ4n) is 1.45. The van der Waals surface area contributed by atoms with E-state index in [2.05, 4.69) is 5.32 Å². The molecule has 20 heavy (non-hydrogen) atoms. The number of hydrogen-bond donors (Lipinski definition) is 3. The van der Waals surface area contributed by atoms with Gasteiger partial charge in [-0.05, 0) is 24.6 Å². The monoisotopic (exact) mass is 282 g/mol. The summed E-state index contributed by atoms with van der Waals surface area (Å²) in [6, 6.07) is 4.45. The van der Waals surface area contributed by atoms with E-state index in [1.165, 1.54) is 7.11 Å². The maximum atomic E-state index is 10.7. The van der Waals surface area contributed by atoms with Gasteiger partial charge in [0.1, 0.15) is 6.04 Å². The Bertz CT molecular complexity index is 490. The van der Waals surface area contributed by atoms with E-state index in [0.717, 1.165) is 5.56 Å². The number of benzene rings is 1. The van der Waals surface area contributed by atoms with Crippen LogP contribution in [0, 0.1) is 0 Å². The summed E-state index contributed by atoms with van der Waals surface area (Å²) in [6.07, 6.45) is 0. The molecule has 1 unspecified atom stereocenters. The summed E-state index contributed by atoms with van der Waals surface area (Å²) in [7, 11) is 1.48. The van der Waals surface area contributed by atoms with Crippen molar-refractivity contribution < 1.29 is 24.2 Å². The van der Waals surface area contributed by atoms with Crippen molar-refractivity contribution in [2.45, 2.75) is 19.5 Å². The van der Waals surface area contributed by atoms with Crippen LogP contribution in [0.1, 0.15) is 12.5 Å². The Hall–Kier alpha value is -2.28. The van der Waals surface area contributed by atoms with Crippen molar-refractivity contribution in [3.05, 3.63) is 23.8 Å². The number of hydrogen-bond acceptors (Lipinski definition) is 5. The smallest absolute Gasteiger partial charge is 0.320 e. The molecule has 1 rings (SSSR count). The number of carboxylic acid groups (broad SMARTS) is 1. The molecule has 1 aromatic rings. The van der Waals surface area contributed by atoms with Crippen LogP contribution in [0.5, 0.6) is 11.5 Å². The van der Waals surface area contributed by atoms with E-state index in [9.17, 15) is 9.59 Å². The lowest BCUT2D eigenvalue weighted by molar-refractivity contribution is -0.139. The fraction of sp³-hybridized carbons (Fsp3) is 0.385. The van der Waals surface area contributed by atoms with Crippen LogP contribution in [0.3, 0.4) is 0 Å². The van der Waals surface area contributed by atoms with Gasteiger partial charge in [-0.15, -0.1) is 0 Å². The van der Waals surface area contributed by atoms with Gasteiger partial charge in [-0.2, -0.15) is 0 Å². The molecule has 1 atom stereocenters. The Morgan fingerprint density at radius 2 is 2.10 bits per heavy atom. The fourth-order valence-corrected chi connectivity index (χ4v) is 1.45. The number of primary amides is 1. The number of methoxy groups -OCH3 is 1. The van der Waals surface area contributed by atoms with Gasteiger partial charge in [-0.1, -0.05) is 6.07 Å². The van der Waals surface area contributed by atoms with Crippen LogP contribution < -0.4 is 20.5 Å². The van der Waals surface area contributed by atoms with Crippen molar-refractivity contribution in [3.63, 3.8) is 0 Å². The van der Waals surface area contributed by atoms with Gasteiger partial charge in [0, 0.05) is 6.54 Å². The predicted octanol–water partition coefficient (Wildman–Crippen LogP) is 0.122. The molecule has 0 bridgehead atoms. The zero-order valence-electron chi connectivity index (χ0n) is 11.4. The lowest BCUT2D eigenvalue weighted by Gasteiger charge is -2.13. The molecule has 0 heterocycles. The number of ether oxygens (including phenoxy) is 2. The Morgan fingerprint density at radius 1 is 1.40 bits per heavy atom. The molecule has 0 aliphatic rings. The molecular formula is C13H18N2O5. The van der Waals surface area contributed by atoms with Crippen LogP contribution in [0.15, 0.2) is 18.2 Å². The molecule has 0 spiro atoms. The second kappa shape index (κ2) is 7.34. The van der Waals surface area contributed by atoms with E-state index in [4.69, 9.17) is 20.3 Å². The molecule has 0 aliphatic heterocycles. The maximum Gasteiger partial charge on any atom is 0.320 e. The van der Waals surface area contributed by atoms with Crippen LogP contribution in [0.2, 0.25) is 0 Å². The number of carbonyl (C=O) groups is 2. The van der Waals surface area contributed by atoms with E-state index >= 15 is 0 Å². The summed E-state index contributed by atoms with van der Waals surface area (Å²) >= 11 is 0. The quantitative estimate of drug-likeness (QED) is 0.624. The summed E-state index contributed by atoms with van der Waals surface area (Å²) in [5, 5.41) is 11.6. The van der Waals surface area contributed by atoms with E-state index in [1.807, 2.05) is 0 Å². The minimum atomic E-state index is -0.918. The highest BCUT2D eigenvalue weighted by Crippen LogP contribution is 2.27. The third kappa shape index (κ3) is 4.77. The van der Waals surface area contributed by atoms with Gasteiger partial charge in [-0.3, -0.25) is 9.59 Å². The highest BCUT2D eigenvalue weighted by molar-refractivity contribution is 5.75. The zero-order chi connectivity index (χ0) is 15.1. The number of carbonyl (C=O) groups excluding carboxylic acids is 1. The first kappa shape index (κ1) is 15.8. The second-order valence-electron chi connectivity index (χ2n) is 4.18. The molecule has 0 fully saturated rings. The van der Waals surface area contributed by atoms with Crippen molar-refractivity contribution >= 4 is 11.9 Å². The molecule has 1 amide bonds. The summed E-state index contributed by atoms with van der Waals surface area (Å²) in [5.74, 6) is -0.638. The Labute approximate surface area is 116 Å². The molecule has 0 radical (unpaired) electrons. The highest BCUT2D eigenvalue weighted by atomic mass is 16.5. The first-order chi connectivity index (χ1) is 9.43. The molecule has 0 aromatic heterocycles. The lowest BCUT2D eigenvalue weighted by Crippen LogP contribution is -2.33. The Balaban J connectivity index is 2.71. The van der Waals surface area contributed by atoms with Gasteiger partial charge >= 0.3 is 5.97 Å². The average molecular weight is 282 g/mol. The Kier molecular flexibility index (Phi) is 5.79. The molecule has 1 aromatic carbocycles. The van der Waals surface area contributed by atoms with Crippen LogP contribution in [-0.4, -0.2) is 36.7 Å². The normalized spacial score (nSPS) is 11.7. The summed E-state index contributed by atoms with van der Waals surface area (Å²) < 4.78 is 10.3. The number of nitrogens with one attached hydrogen (secondary N) is 1. The number of aliphatic carboxylic acids is 1. The zero-order valence-corrected chi connectivity index (χ0v) is 11.4. The standard InChI is InChI=1S/C13H18N2O5/c1-8(13(17)18)15-6-9-3-4-10(11(5-9)19-2)20-7-12(14)16/h3-5,8,15H,6-7H2,1-2H3,(H2,14,16)(H,17,18). The molecule has 7 nitrogen and oxygen atoms in total. The first-order valence-corrected chi connectivity index (χ1v) is 5.98. The predicted molar refractivity (Wildman–Crippen MR) is 71.6 cm³/mol. The molecular weight excluding hydrogens is 264 g/mol. The SMILES string of the molecule is COc1cc(CNC(C)C(=O)O)ccc1OCC(N)=O. The molecule has 0 saturated carbocycles. The van der Waals surface area contributed by atoms with Crippen LogP contribution >= 0.6 is 0 Å². The van der Waals surface area contributed by atoms with Gasteiger partial charge in [0.25, 0.3) is 5.91 Å². The van der Waals surface area contributed by atoms with Crippen molar-refractivity contribution in [2.24, 2.45) is 5.73 Å². The number of carboxylic acids is 1.